The van der Waals surface area contributed by atoms with E-state index >= 15 is 0 Å². The van der Waals surface area contributed by atoms with Crippen molar-refractivity contribution < 1.29 is 27.8 Å². The van der Waals surface area contributed by atoms with E-state index in [0.717, 1.165) is 36.9 Å². The Bertz CT molecular complexity index is 1320. The molecule has 37 heavy (non-hydrogen) atoms. The quantitative estimate of drug-likeness (QED) is 0.344. The number of hydrogen-bond donors (Lipinski definition) is 2. The highest BCUT2D eigenvalue weighted by Crippen LogP contribution is 2.34. The Morgan fingerprint density at radius 3 is 2.70 bits per heavy atom. The fourth-order valence-corrected chi connectivity index (χ4v) is 3.96. The summed E-state index contributed by atoms with van der Waals surface area (Å²) in [6, 6.07) is 14.3. The first kappa shape index (κ1) is 26.1. The molecule has 3 aromatic rings. The Kier molecular flexibility index (Phi) is 8.35. The lowest BCUT2D eigenvalue weighted by Crippen LogP contribution is -2.13. The fraction of sp³-hybridized carbons (Fsp3) is 0.250. The molecule has 0 fully saturated rings. The number of hydrogen-bond acceptors (Lipinski definition) is 5. The molecule has 1 aromatic heterocycles. The molecule has 1 aliphatic rings. The number of benzene rings is 2. The van der Waals surface area contributed by atoms with E-state index in [9.17, 15) is 18.0 Å². The average Bonchev–Trinajstić information content (AvgIpc) is 3.42. The smallest absolute Gasteiger partial charge is 0.416 e. The van der Waals surface area contributed by atoms with Crippen LogP contribution in [0.5, 0.6) is 11.5 Å². The Morgan fingerprint density at radius 1 is 1.11 bits per heavy atom. The predicted octanol–water partition coefficient (Wildman–Crippen LogP) is 6.05. The first-order chi connectivity index (χ1) is 17.8. The van der Waals surface area contributed by atoms with Gasteiger partial charge in [0, 0.05) is 37.2 Å². The number of alkyl halides is 3. The van der Waals surface area contributed by atoms with Crippen LogP contribution in [-0.4, -0.2) is 34.9 Å². The molecular weight excluding hydrogens is 483 g/mol. The van der Waals surface area contributed by atoms with E-state index in [1.54, 1.807) is 42.6 Å². The Morgan fingerprint density at radius 2 is 1.95 bits per heavy atom. The van der Waals surface area contributed by atoms with Crippen LogP contribution in [0, 0.1) is 0 Å². The zero-order chi connectivity index (χ0) is 26.3. The molecule has 0 spiro atoms. The number of carbonyl (C=O) groups is 1. The third kappa shape index (κ3) is 7.27. The van der Waals surface area contributed by atoms with Crippen molar-refractivity contribution in [3.05, 3.63) is 89.3 Å². The molecule has 9 heteroatoms. The van der Waals surface area contributed by atoms with Gasteiger partial charge in [-0.05, 0) is 73.2 Å². The van der Waals surface area contributed by atoms with Gasteiger partial charge in [-0.15, -0.1) is 0 Å². The Labute approximate surface area is 212 Å². The van der Waals surface area contributed by atoms with Gasteiger partial charge in [0.1, 0.15) is 11.5 Å². The highest BCUT2D eigenvalue weighted by Gasteiger charge is 2.33. The molecule has 1 aliphatic heterocycles. The van der Waals surface area contributed by atoms with Crippen LogP contribution in [-0.2, 0) is 17.4 Å². The lowest BCUT2D eigenvalue weighted by molar-refractivity contribution is -0.138. The summed E-state index contributed by atoms with van der Waals surface area (Å²) in [5.41, 5.74) is 1.72. The number of carbonyl (C=O) groups excluding carboxylic acids is 1. The summed E-state index contributed by atoms with van der Waals surface area (Å²) in [6.45, 7) is 0.607. The summed E-state index contributed by atoms with van der Waals surface area (Å²) in [5, 5.41) is 11.4. The molecule has 0 unspecified atom stereocenters. The van der Waals surface area contributed by atoms with Crippen molar-refractivity contribution in [2.24, 2.45) is 4.99 Å². The highest BCUT2D eigenvalue weighted by molar-refractivity contribution is 6.02. The van der Waals surface area contributed by atoms with Crippen LogP contribution in [0.4, 0.5) is 18.9 Å². The van der Waals surface area contributed by atoms with E-state index in [4.69, 9.17) is 9.84 Å². The number of amides is 1. The topological polar surface area (TPSA) is 83.8 Å². The second-order valence-electron chi connectivity index (χ2n) is 8.50. The molecule has 192 valence electrons. The largest absolute Gasteiger partial charge is 0.457 e. The molecular formula is C28H26F3N3O3. The van der Waals surface area contributed by atoms with E-state index in [0.29, 0.717) is 17.1 Å². The van der Waals surface area contributed by atoms with Gasteiger partial charge in [-0.2, -0.15) is 13.2 Å². The number of aromatic nitrogens is 1. The van der Waals surface area contributed by atoms with Crippen LogP contribution >= 0.6 is 0 Å². The SMILES string of the molecule is O=C(C=Cc1cccc(Oc2ccnc(C3=NCCC3)c2)c1)Nc1ccc(CCCO)c(C(F)(F)F)c1. The first-order valence-corrected chi connectivity index (χ1v) is 11.9. The van der Waals surface area contributed by atoms with Gasteiger partial charge in [0.25, 0.3) is 0 Å². The zero-order valence-electron chi connectivity index (χ0n) is 20.0. The maximum atomic E-state index is 13.4. The summed E-state index contributed by atoms with van der Waals surface area (Å²) in [6.07, 6.45) is 2.12. The number of ether oxygens (including phenoxy) is 1. The number of pyridine rings is 1. The summed E-state index contributed by atoms with van der Waals surface area (Å²) in [7, 11) is 0. The number of aliphatic hydroxyl groups is 1. The summed E-state index contributed by atoms with van der Waals surface area (Å²) < 4.78 is 46.3. The maximum absolute atomic E-state index is 13.4. The summed E-state index contributed by atoms with van der Waals surface area (Å²) >= 11 is 0. The lowest BCUT2D eigenvalue weighted by Gasteiger charge is -2.14. The molecule has 1 amide bonds. The molecule has 0 radical (unpaired) electrons. The van der Waals surface area contributed by atoms with Crippen molar-refractivity contribution >= 4 is 23.4 Å². The third-order valence-corrected chi connectivity index (χ3v) is 5.71. The fourth-order valence-electron chi connectivity index (χ4n) is 3.96. The average molecular weight is 510 g/mol. The number of nitrogens with zero attached hydrogens (tertiary/aromatic N) is 2. The van der Waals surface area contributed by atoms with Crippen LogP contribution in [0.3, 0.4) is 0 Å². The number of halogens is 3. The van der Waals surface area contributed by atoms with E-state index < -0.39 is 17.6 Å². The minimum Gasteiger partial charge on any atom is -0.457 e. The maximum Gasteiger partial charge on any atom is 0.416 e. The monoisotopic (exact) mass is 509 g/mol. The predicted molar refractivity (Wildman–Crippen MR) is 136 cm³/mol. The van der Waals surface area contributed by atoms with E-state index in [-0.39, 0.29) is 30.7 Å². The molecule has 2 N–H and O–H groups in total. The molecule has 0 aliphatic carbocycles. The molecule has 2 heterocycles. The standard InChI is InChI=1S/C28H26F3N3O3/c29-28(30,31)24-17-21(10-9-20(24)5-3-15-35)34-27(36)11-8-19-4-1-6-22(16-19)37-23-12-14-33-26(18-23)25-7-2-13-32-25/h1,4,6,8-12,14,16-18,35H,2-3,5,7,13,15H2,(H,34,36). The Hall–Kier alpha value is -3.98. The number of rotatable bonds is 9. The van der Waals surface area contributed by atoms with Crippen LogP contribution < -0.4 is 10.1 Å². The van der Waals surface area contributed by atoms with Crippen molar-refractivity contribution in [3.63, 3.8) is 0 Å². The second kappa shape index (κ2) is 11.8. The van der Waals surface area contributed by atoms with E-state index in [2.05, 4.69) is 15.3 Å². The number of aliphatic imine (C=N–C) groups is 1. The molecule has 2 aromatic carbocycles. The highest BCUT2D eigenvalue weighted by atomic mass is 19.4. The third-order valence-electron chi connectivity index (χ3n) is 5.71. The van der Waals surface area contributed by atoms with Crippen molar-refractivity contribution in [3.8, 4) is 11.5 Å². The van der Waals surface area contributed by atoms with E-state index in [1.165, 1.54) is 18.2 Å². The molecule has 4 rings (SSSR count). The number of anilines is 1. The molecule has 6 nitrogen and oxygen atoms in total. The van der Waals surface area contributed by atoms with E-state index in [1.807, 2.05) is 6.07 Å². The van der Waals surface area contributed by atoms with Gasteiger partial charge < -0.3 is 15.2 Å². The molecule has 0 saturated carbocycles. The van der Waals surface area contributed by atoms with Crippen molar-refractivity contribution in [1.82, 2.24) is 4.98 Å². The van der Waals surface area contributed by atoms with Gasteiger partial charge in [0.05, 0.1) is 17.0 Å². The van der Waals surface area contributed by atoms with Gasteiger partial charge >= 0.3 is 6.18 Å². The van der Waals surface area contributed by atoms with Gasteiger partial charge in [0.2, 0.25) is 5.91 Å². The van der Waals surface area contributed by atoms with Gasteiger partial charge in [-0.3, -0.25) is 14.8 Å². The number of nitrogens with one attached hydrogen (secondary N) is 1. The van der Waals surface area contributed by atoms with Crippen LogP contribution in [0.15, 0.2) is 71.9 Å². The lowest BCUT2D eigenvalue weighted by atomic mass is 10.0. The van der Waals surface area contributed by atoms with Crippen LogP contribution in [0.2, 0.25) is 0 Å². The zero-order valence-corrected chi connectivity index (χ0v) is 20.0. The minimum atomic E-state index is -4.57. The van der Waals surface area contributed by atoms with Crippen LogP contribution in [0.1, 0.15) is 41.6 Å². The summed E-state index contributed by atoms with van der Waals surface area (Å²) in [4.78, 5) is 21.2. The van der Waals surface area contributed by atoms with Gasteiger partial charge in [-0.1, -0.05) is 18.2 Å². The number of aliphatic hydroxyl groups excluding tert-OH is 1. The second-order valence-corrected chi connectivity index (χ2v) is 8.50. The van der Waals surface area contributed by atoms with Crippen molar-refractivity contribution in [2.75, 3.05) is 18.5 Å². The Balaban J connectivity index is 1.42. The minimum absolute atomic E-state index is 0.0344. The van der Waals surface area contributed by atoms with Crippen molar-refractivity contribution in [2.45, 2.75) is 31.9 Å². The molecule has 0 saturated heterocycles. The number of aryl methyl sites for hydroxylation is 1. The van der Waals surface area contributed by atoms with Crippen LogP contribution in [0.25, 0.3) is 6.08 Å². The van der Waals surface area contributed by atoms with Gasteiger partial charge in [-0.25, -0.2) is 0 Å². The summed E-state index contributed by atoms with van der Waals surface area (Å²) in [5.74, 6) is 0.599. The molecule has 0 atom stereocenters. The van der Waals surface area contributed by atoms with Crippen molar-refractivity contribution in [1.29, 1.82) is 0 Å². The molecule has 0 bridgehead atoms. The normalized spacial score (nSPS) is 13.6. The first-order valence-electron chi connectivity index (χ1n) is 11.9. The van der Waals surface area contributed by atoms with Gasteiger partial charge in [0.15, 0.2) is 0 Å².